The van der Waals surface area contributed by atoms with Crippen LogP contribution in [-0.4, -0.2) is 101 Å². The van der Waals surface area contributed by atoms with Crippen molar-refractivity contribution in [1.29, 1.82) is 0 Å². The van der Waals surface area contributed by atoms with Gasteiger partial charge < -0.3 is 54.4 Å². The van der Waals surface area contributed by atoms with Crippen molar-refractivity contribution in [3.05, 3.63) is 11.8 Å². The molecule has 0 saturated carbocycles. The summed E-state index contributed by atoms with van der Waals surface area (Å²) in [6.07, 6.45) is -12.6. The van der Waals surface area contributed by atoms with Crippen LogP contribution in [0, 0.1) is 0 Å². The maximum absolute atomic E-state index is 11.4. The minimum absolute atomic E-state index is 0. The molecule has 18 heteroatoms. The Morgan fingerprint density at radius 3 is 2.28 bits per heavy atom. The number of carbonyl (C=O) groups excluding carboxylic acids is 2. The van der Waals surface area contributed by atoms with Crippen molar-refractivity contribution in [2.75, 3.05) is 6.61 Å². The molecule has 5 N–H and O–H groups in total. The van der Waals surface area contributed by atoms with Gasteiger partial charge in [-0.05, 0) is 6.08 Å². The van der Waals surface area contributed by atoms with E-state index in [1.807, 2.05) is 0 Å². The molecule has 2 rings (SSSR count). The Morgan fingerprint density at radius 1 is 1.22 bits per heavy atom. The average Bonchev–Trinajstić information content (AvgIpc) is 2.61. The number of hydrogen-bond donors (Lipinski definition) is 5. The molecule has 0 aromatic heterocycles. The van der Waals surface area contributed by atoms with Crippen LogP contribution in [0.4, 0.5) is 0 Å². The maximum Gasteiger partial charge on any atom is 1.00 e. The summed E-state index contributed by atoms with van der Waals surface area (Å²) in [6.45, 7) is 0.222. The molecular formula is C14H19NNa2O14S. The Balaban J connectivity index is 0.00000480. The molecular weight excluding hydrogens is 484 g/mol. The normalized spacial score (nSPS) is 34.8. The summed E-state index contributed by atoms with van der Waals surface area (Å²) >= 11 is 0. The number of carboxylic acid groups (broad SMARTS) is 1. The molecule has 8 atom stereocenters. The molecule has 0 aromatic rings. The van der Waals surface area contributed by atoms with E-state index in [1.165, 1.54) is 0 Å². The molecule has 32 heavy (non-hydrogen) atoms. The monoisotopic (exact) mass is 503 g/mol. The van der Waals surface area contributed by atoms with Gasteiger partial charge in [-0.15, -0.1) is 0 Å². The summed E-state index contributed by atoms with van der Waals surface area (Å²) in [7, 11) is -5.45. The number of carbonyl (C=O) groups is 2. The standard InChI is InChI=1S/C14H21NO14S.2Na/c1-4(17)15-8-11(9(19)7(3-16)26-13(8)22)28-14-10(29-30(23,24)25)5(18)2-6(27-14)12(20)21;;/h2,5,7-11,13-14,16,18-19,22H,3H2,1H3,(H,15,17)(H,20,21)(H,23,24,25);;/q;2*+1/p-2. The van der Waals surface area contributed by atoms with E-state index < -0.39 is 83.8 Å². The summed E-state index contributed by atoms with van der Waals surface area (Å²) in [6, 6.07) is -1.53. The minimum Gasteiger partial charge on any atom is -0.726 e. The van der Waals surface area contributed by atoms with Gasteiger partial charge in [-0.3, -0.25) is 8.98 Å². The van der Waals surface area contributed by atoms with Crippen molar-refractivity contribution < 1.29 is 126 Å². The predicted octanol–water partition coefficient (Wildman–Crippen LogP) is -11.8. The number of carboxylic acids is 1. The number of aliphatic hydroxyl groups is 4. The number of aliphatic hydroxyl groups excluding tert-OH is 4. The Hall–Kier alpha value is 0.110. The molecule has 1 saturated heterocycles. The van der Waals surface area contributed by atoms with Gasteiger partial charge in [0.15, 0.2) is 12.4 Å². The maximum atomic E-state index is 11.4. The van der Waals surface area contributed by atoms with Gasteiger partial charge in [0, 0.05) is 6.92 Å². The molecule has 172 valence electrons. The topological polar surface area (TPSA) is 244 Å². The molecule has 8 unspecified atom stereocenters. The second kappa shape index (κ2) is 13.3. The number of nitrogens with one attached hydrogen (secondary N) is 1. The van der Waals surface area contributed by atoms with E-state index in [9.17, 15) is 48.1 Å². The second-order valence-corrected chi connectivity index (χ2v) is 7.34. The Morgan fingerprint density at radius 2 is 1.81 bits per heavy atom. The molecule has 2 aliphatic rings. The van der Waals surface area contributed by atoms with Gasteiger partial charge in [-0.25, -0.2) is 8.42 Å². The molecule has 2 heterocycles. The van der Waals surface area contributed by atoms with Crippen molar-refractivity contribution >= 4 is 22.3 Å². The van der Waals surface area contributed by atoms with Crippen LogP contribution in [0.15, 0.2) is 11.8 Å². The number of rotatable bonds is 7. The van der Waals surface area contributed by atoms with E-state index in [0.29, 0.717) is 6.08 Å². The Bertz CT molecular complexity index is 794. The van der Waals surface area contributed by atoms with Crippen molar-refractivity contribution in [2.24, 2.45) is 0 Å². The van der Waals surface area contributed by atoms with E-state index in [4.69, 9.17) is 14.2 Å². The fourth-order valence-corrected chi connectivity index (χ4v) is 3.37. The SMILES string of the molecule is CC(=O)NC1C(O)OC(CO)C(O)C1OC1OC(C(=O)[O-])=CC(O)C1OS(=O)(=O)[O-].[Na+].[Na+]. The molecule has 0 radical (unpaired) electrons. The van der Waals surface area contributed by atoms with Gasteiger partial charge in [0.2, 0.25) is 22.6 Å². The molecule has 0 bridgehead atoms. The van der Waals surface area contributed by atoms with E-state index in [2.05, 4.69) is 9.50 Å². The summed E-state index contributed by atoms with van der Waals surface area (Å²) in [4.78, 5) is 22.5. The third kappa shape index (κ3) is 8.40. The quantitative estimate of drug-likeness (QED) is 0.123. The molecule has 15 nitrogen and oxygen atoms in total. The van der Waals surface area contributed by atoms with Crippen molar-refractivity contribution in [1.82, 2.24) is 5.32 Å². The largest absolute Gasteiger partial charge is 1.00 e. The Labute approximate surface area is 226 Å². The second-order valence-electron chi connectivity index (χ2n) is 6.33. The summed E-state index contributed by atoms with van der Waals surface area (Å²) in [5.41, 5.74) is 0. The van der Waals surface area contributed by atoms with E-state index in [1.54, 1.807) is 0 Å². The van der Waals surface area contributed by atoms with Crippen molar-refractivity contribution in [3.8, 4) is 0 Å². The summed E-state index contributed by atoms with van der Waals surface area (Å²) < 4.78 is 52.2. The molecule has 2 aliphatic heterocycles. The van der Waals surface area contributed by atoms with E-state index >= 15 is 0 Å². The first-order chi connectivity index (χ1) is 13.8. The van der Waals surface area contributed by atoms with Gasteiger partial charge >= 0.3 is 59.1 Å². The predicted molar refractivity (Wildman–Crippen MR) is 85.0 cm³/mol. The molecule has 0 spiro atoms. The summed E-state index contributed by atoms with van der Waals surface area (Å²) in [5, 5.41) is 52.9. The van der Waals surface area contributed by atoms with Gasteiger partial charge in [0.1, 0.15) is 42.2 Å². The number of amides is 1. The van der Waals surface area contributed by atoms with Gasteiger partial charge in [-0.1, -0.05) is 0 Å². The fourth-order valence-electron chi connectivity index (χ4n) is 2.89. The Kier molecular flexibility index (Phi) is 13.3. The van der Waals surface area contributed by atoms with E-state index in [-0.39, 0.29) is 59.1 Å². The zero-order valence-electron chi connectivity index (χ0n) is 17.2. The third-order valence-electron chi connectivity index (χ3n) is 4.13. The zero-order chi connectivity index (χ0) is 22.8. The van der Waals surface area contributed by atoms with Crippen LogP contribution in [0.2, 0.25) is 0 Å². The van der Waals surface area contributed by atoms with Crippen LogP contribution in [0.25, 0.3) is 0 Å². The first kappa shape index (κ1) is 32.1. The van der Waals surface area contributed by atoms with Crippen LogP contribution in [0.5, 0.6) is 0 Å². The van der Waals surface area contributed by atoms with E-state index in [0.717, 1.165) is 6.92 Å². The van der Waals surface area contributed by atoms with Crippen molar-refractivity contribution in [2.45, 2.75) is 56.1 Å². The van der Waals surface area contributed by atoms with Crippen molar-refractivity contribution in [3.63, 3.8) is 0 Å². The number of aliphatic carboxylic acids is 1. The first-order valence-electron chi connectivity index (χ1n) is 8.31. The van der Waals surface area contributed by atoms with Gasteiger partial charge in [0.05, 0.1) is 6.61 Å². The van der Waals surface area contributed by atoms with Gasteiger partial charge in [0.25, 0.3) is 0 Å². The molecule has 0 aliphatic carbocycles. The molecule has 1 fully saturated rings. The van der Waals surface area contributed by atoms with Gasteiger partial charge in [-0.2, -0.15) is 0 Å². The average molecular weight is 503 g/mol. The molecule has 0 aromatic carbocycles. The van der Waals surface area contributed by atoms with Crippen LogP contribution in [0.3, 0.4) is 0 Å². The number of ether oxygens (including phenoxy) is 3. The minimum atomic E-state index is -5.45. The van der Waals surface area contributed by atoms with Crippen LogP contribution in [-0.2, 0) is 38.4 Å². The smallest absolute Gasteiger partial charge is 0.726 e. The fraction of sp³-hybridized carbons (Fsp3) is 0.714. The van der Waals surface area contributed by atoms with Crippen LogP contribution in [0.1, 0.15) is 6.92 Å². The summed E-state index contributed by atoms with van der Waals surface area (Å²) in [5.74, 6) is -3.67. The number of hydrogen-bond acceptors (Lipinski definition) is 14. The first-order valence-corrected chi connectivity index (χ1v) is 9.64. The third-order valence-corrected chi connectivity index (χ3v) is 4.59. The van der Waals surface area contributed by atoms with Crippen LogP contribution >= 0.6 is 0 Å². The molecule has 1 amide bonds. The van der Waals surface area contributed by atoms with Crippen LogP contribution < -0.4 is 69.5 Å². The zero-order valence-corrected chi connectivity index (χ0v) is 22.0.